The normalized spacial score (nSPS) is 16.2. The Hall–Kier alpha value is -2.47. The van der Waals surface area contributed by atoms with Crippen LogP contribution in [-0.2, 0) is 27.9 Å². The van der Waals surface area contributed by atoms with Crippen molar-refractivity contribution in [3.63, 3.8) is 0 Å². The molecule has 1 aromatic carbocycles. The van der Waals surface area contributed by atoms with Crippen molar-refractivity contribution < 1.29 is 18.0 Å². The zero-order valence-corrected chi connectivity index (χ0v) is 20.3. The number of fused-ring (bicyclic) bond motifs is 1. The van der Waals surface area contributed by atoms with Crippen molar-refractivity contribution in [3.8, 4) is 0 Å². The number of sulfonamides is 1. The second-order valence-electron chi connectivity index (χ2n) is 7.40. The van der Waals surface area contributed by atoms with E-state index in [9.17, 15) is 18.0 Å². The molecule has 1 aliphatic rings. The third-order valence-corrected chi connectivity index (χ3v) is 8.55. The topological polar surface area (TPSA) is 92.6 Å². The molecule has 2 aromatic heterocycles. The maximum Gasteiger partial charge on any atom is 0.293 e. The van der Waals surface area contributed by atoms with Crippen LogP contribution in [0.5, 0.6) is 0 Å². The van der Waals surface area contributed by atoms with Crippen molar-refractivity contribution >= 4 is 61.4 Å². The van der Waals surface area contributed by atoms with Crippen molar-refractivity contribution in [3.05, 3.63) is 51.3 Å². The minimum atomic E-state index is -3.60. The van der Waals surface area contributed by atoms with Gasteiger partial charge in [0.05, 0.1) is 27.4 Å². The van der Waals surface area contributed by atoms with Crippen LogP contribution in [0.3, 0.4) is 0 Å². The van der Waals surface area contributed by atoms with Crippen LogP contribution in [0.1, 0.15) is 24.0 Å². The van der Waals surface area contributed by atoms with Crippen molar-refractivity contribution in [1.29, 1.82) is 0 Å². The van der Waals surface area contributed by atoms with Crippen LogP contribution in [0.15, 0.2) is 45.5 Å². The summed E-state index contributed by atoms with van der Waals surface area (Å²) >= 11 is 2.41. The van der Waals surface area contributed by atoms with Crippen LogP contribution in [0.25, 0.3) is 17.1 Å². The maximum atomic E-state index is 12.9. The number of rotatable bonds is 7. The second-order valence-corrected chi connectivity index (χ2v) is 11.5. The lowest BCUT2D eigenvalue weighted by Crippen LogP contribution is -2.29. The molecule has 1 fully saturated rings. The van der Waals surface area contributed by atoms with Gasteiger partial charge in [0.25, 0.3) is 11.1 Å². The minimum Gasteiger partial charge on any atom is -0.326 e. The highest BCUT2D eigenvalue weighted by Gasteiger charge is 2.36. The number of amides is 2. The van der Waals surface area contributed by atoms with E-state index in [2.05, 4.69) is 4.98 Å². The number of hydrogen-bond donors (Lipinski definition) is 0. The standard InChI is InChI=1S/C21H22N4O4S3/c1-4-9-24-17-8-7-15(32(28,29)23(2)3)12-16(17)22-19(24)13-25-20(26)18(31-21(25)27)11-14-6-5-10-30-14/h5-8,10-12H,4,9,13H2,1-3H3/b18-11-. The third-order valence-electron chi connectivity index (χ3n) is 5.01. The number of aromatic nitrogens is 2. The van der Waals surface area contributed by atoms with E-state index in [1.165, 1.54) is 36.4 Å². The Bertz CT molecular complexity index is 1320. The number of benzene rings is 1. The fourth-order valence-corrected chi connectivity index (χ4v) is 5.89. The maximum absolute atomic E-state index is 12.9. The molecule has 2 amide bonds. The molecule has 0 atom stereocenters. The number of hydrogen-bond acceptors (Lipinski definition) is 7. The van der Waals surface area contributed by atoms with Gasteiger partial charge in [-0.05, 0) is 53.9 Å². The summed E-state index contributed by atoms with van der Waals surface area (Å²) in [4.78, 5) is 32.7. The Labute approximate surface area is 194 Å². The Kier molecular flexibility index (Phi) is 6.26. The van der Waals surface area contributed by atoms with Crippen molar-refractivity contribution in [2.75, 3.05) is 14.1 Å². The minimum absolute atomic E-state index is 0.0247. The fraction of sp³-hybridized carbons (Fsp3) is 0.286. The average Bonchev–Trinajstić information content (AvgIpc) is 3.44. The van der Waals surface area contributed by atoms with Gasteiger partial charge >= 0.3 is 0 Å². The van der Waals surface area contributed by atoms with Crippen LogP contribution >= 0.6 is 23.1 Å². The first-order valence-electron chi connectivity index (χ1n) is 9.93. The number of carbonyl (C=O) groups is 2. The molecule has 0 N–H and O–H groups in total. The van der Waals surface area contributed by atoms with Crippen LogP contribution in [-0.4, -0.2) is 52.4 Å². The van der Waals surface area contributed by atoms with E-state index in [1.54, 1.807) is 18.2 Å². The quantitative estimate of drug-likeness (QED) is 0.465. The monoisotopic (exact) mass is 490 g/mol. The molecule has 1 saturated heterocycles. The van der Waals surface area contributed by atoms with Crippen LogP contribution in [0, 0.1) is 0 Å². The van der Waals surface area contributed by atoms with E-state index in [4.69, 9.17) is 0 Å². The van der Waals surface area contributed by atoms with Crippen LogP contribution < -0.4 is 0 Å². The largest absolute Gasteiger partial charge is 0.326 e. The summed E-state index contributed by atoms with van der Waals surface area (Å²) in [5.41, 5.74) is 1.28. The molecule has 8 nitrogen and oxygen atoms in total. The smallest absolute Gasteiger partial charge is 0.293 e. The number of imide groups is 1. The van der Waals surface area contributed by atoms with Gasteiger partial charge in [0.15, 0.2) is 0 Å². The van der Waals surface area contributed by atoms with E-state index in [1.807, 2.05) is 29.0 Å². The zero-order valence-electron chi connectivity index (χ0n) is 17.8. The van der Waals surface area contributed by atoms with Crippen LogP contribution in [0.2, 0.25) is 0 Å². The highest BCUT2D eigenvalue weighted by atomic mass is 32.2. The zero-order chi connectivity index (χ0) is 23.0. The van der Waals surface area contributed by atoms with Gasteiger partial charge in [-0.3, -0.25) is 14.5 Å². The molecule has 0 spiro atoms. The molecule has 0 unspecified atom stereocenters. The van der Waals surface area contributed by atoms with Crippen LogP contribution in [0.4, 0.5) is 4.79 Å². The first-order valence-corrected chi connectivity index (χ1v) is 13.1. The molecule has 32 heavy (non-hydrogen) atoms. The van der Waals surface area contributed by atoms with Gasteiger partial charge in [0.2, 0.25) is 10.0 Å². The lowest BCUT2D eigenvalue weighted by molar-refractivity contribution is -0.123. The van der Waals surface area contributed by atoms with Crippen molar-refractivity contribution in [1.82, 2.24) is 18.8 Å². The van der Waals surface area contributed by atoms with Gasteiger partial charge in [-0.1, -0.05) is 13.0 Å². The van der Waals surface area contributed by atoms with E-state index in [-0.39, 0.29) is 22.6 Å². The molecule has 0 radical (unpaired) electrons. The summed E-state index contributed by atoms with van der Waals surface area (Å²) < 4.78 is 28.1. The Morgan fingerprint density at radius 1 is 1.19 bits per heavy atom. The fourth-order valence-electron chi connectivity index (χ4n) is 3.40. The lowest BCUT2D eigenvalue weighted by Gasteiger charge is -2.14. The number of thioether (sulfide) groups is 1. The highest BCUT2D eigenvalue weighted by Crippen LogP contribution is 2.34. The number of nitrogens with zero attached hydrogens (tertiary/aromatic N) is 4. The van der Waals surface area contributed by atoms with Gasteiger partial charge in [0.1, 0.15) is 5.82 Å². The Morgan fingerprint density at radius 2 is 1.97 bits per heavy atom. The van der Waals surface area contributed by atoms with E-state index in [0.717, 1.165) is 32.9 Å². The van der Waals surface area contributed by atoms with Crippen molar-refractivity contribution in [2.45, 2.75) is 31.3 Å². The summed E-state index contributed by atoms with van der Waals surface area (Å²) in [7, 11) is -0.648. The number of thiophene rings is 1. The molecule has 168 valence electrons. The molecular weight excluding hydrogens is 468 g/mol. The molecule has 4 rings (SSSR count). The summed E-state index contributed by atoms with van der Waals surface area (Å²) in [6.07, 6.45) is 2.54. The first-order chi connectivity index (χ1) is 15.2. The molecule has 0 bridgehead atoms. The molecule has 0 aliphatic carbocycles. The highest BCUT2D eigenvalue weighted by molar-refractivity contribution is 8.18. The Balaban J connectivity index is 1.70. The average molecular weight is 491 g/mol. The SMILES string of the molecule is CCCn1c(CN2C(=O)S/C(=C\c3cccs3)C2=O)nc2cc(S(=O)(=O)N(C)C)ccc21. The molecule has 11 heteroatoms. The van der Waals surface area contributed by atoms with E-state index < -0.39 is 10.0 Å². The first kappa shape index (κ1) is 22.7. The second kappa shape index (κ2) is 8.81. The summed E-state index contributed by atoms with van der Waals surface area (Å²) in [5.74, 6) is 0.195. The molecule has 3 aromatic rings. The Morgan fingerprint density at radius 3 is 2.62 bits per heavy atom. The summed E-state index contributed by atoms with van der Waals surface area (Å²) in [6.45, 7) is 2.67. The van der Waals surface area contributed by atoms with Gasteiger partial charge in [-0.25, -0.2) is 17.7 Å². The third kappa shape index (κ3) is 4.13. The van der Waals surface area contributed by atoms with Gasteiger partial charge in [0, 0.05) is 25.5 Å². The molecule has 3 heterocycles. The summed E-state index contributed by atoms with van der Waals surface area (Å²) in [5, 5.41) is 1.57. The van der Waals surface area contributed by atoms with Gasteiger partial charge < -0.3 is 4.57 Å². The lowest BCUT2D eigenvalue weighted by atomic mass is 10.3. The number of imidazole rings is 1. The predicted octanol–water partition coefficient (Wildman–Crippen LogP) is 3.99. The van der Waals surface area contributed by atoms with Gasteiger partial charge in [-0.2, -0.15) is 0 Å². The molecular formula is C21H22N4O4S3. The van der Waals surface area contributed by atoms with Crippen molar-refractivity contribution in [2.24, 2.45) is 0 Å². The van der Waals surface area contributed by atoms with E-state index >= 15 is 0 Å². The predicted molar refractivity (Wildman–Crippen MR) is 127 cm³/mol. The molecule has 1 aliphatic heterocycles. The number of carbonyl (C=O) groups excluding carboxylic acids is 2. The van der Waals surface area contributed by atoms with E-state index in [0.29, 0.717) is 22.8 Å². The summed E-state index contributed by atoms with van der Waals surface area (Å²) in [6, 6.07) is 8.59. The number of aryl methyl sites for hydroxylation is 1. The van der Waals surface area contributed by atoms with Gasteiger partial charge in [-0.15, -0.1) is 11.3 Å². The molecule has 0 saturated carbocycles.